The minimum Gasteiger partial charge on any atom is -0.490 e. The van der Waals surface area contributed by atoms with Crippen molar-refractivity contribution in [2.24, 2.45) is 0 Å². The molecule has 8 heterocycles. The molecule has 13 rings (SSSR count). The number of rotatable bonds is 12. The summed E-state index contributed by atoms with van der Waals surface area (Å²) in [4.78, 5) is 0. The fourth-order valence-corrected chi connectivity index (χ4v) is 24.7. The highest BCUT2D eigenvalue weighted by atomic mass is 31.2. The van der Waals surface area contributed by atoms with Crippen LogP contribution in [-0.4, -0.2) is 26.4 Å². The standard InChI is InChI=1S/C44H38O7P4/c1-27-5-13-31(14-6-27)52(45)37-25-35(39-43(52)41(37)54(39,47)33-17-9-29(3)10-18-33)50-23-21-49-22-24-51-36-26-38-42-44(53(38,46)32-15-7-28(2)8-16-32)40(36)55(42,48)34-19-11-30(4)12-20-34/h5-20,25-26H,21-24H2,1-4H3. The van der Waals surface area contributed by atoms with Crippen molar-refractivity contribution in [2.75, 3.05) is 26.4 Å². The van der Waals surface area contributed by atoms with E-state index >= 15 is 0 Å². The van der Waals surface area contributed by atoms with Gasteiger partial charge in [0, 0.05) is 53.1 Å². The van der Waals surface area contributed by atoms with Crippen LogP contribution < -0.4 is 47.2 Å². The van der Waals surface area contributed by atoms with Gasteiger partial charge < -0.3 is 32.5 Å². The van der Waals surface area contributed by atoms with Crippen LogP contribution in [0.1, 0.15) is 22.3 Å². The van der Waals surface area contributed by atoms with Gasteiger partial charge in [-0.05, 0) is 39.8 Å². The summed E-state index contributed by atoms with van der Waals surface area (Å²) in [7, 11) is -12.3. The molecule has 0 aliphatic carbocycles. The highest BCUT2D eigenvalue weighted by Gasteiger charge is 2.69. The quantitative estimate of drug-likeness (QED) is 0.0974. The predicted molar refractivity (Wildman–Crippen MR) is 223 cm³/mol. The lowest BCUT2D eigenvalue weighted by atomic mass is 10.2. The summed E-state index contributed by atoms with van der Waals surface area (Å²) >= 11 is 0. The maximum atomic E-state index is 14.8. The molecule has 11 heteroatoms. The Labute approximate surface area is 320 Å². The van der Waals surface area contributed by atoms with Crippen LogP contribution >= 0.6 is 28.6 Å². The molecule has 8 aliphatic heterocycles. The molecular formula is C44H38O7P4. The Balaban J connectivity index is 0.840. The molecule has 4 atom stereocenters. The zero-order chi connectivity index (χ0) is 38.1. The smallest absolute Gasteiger partial charge is 0.177 e. The molecule has 0 fully saturated rings. The lowest BCUT2D eigenvalue weighted by Gasteiger charge is -2.53. The van der Waals surface area contributed by atoms with Gasteiger partial charge in [-0.15, -0.1) is 0 Å². The Bertz CT molecular complexity index is 2800. The van der Waals surface area contributed by atoms with Crippen molar-refractivity contribution in [2.45, 2.75) is 27.7 Å². The van der Waals surface area contributed by atoms with Crippen molar-refractivity contribution in [1.29, 1.82) is 0 Å². The van der Waals surface area contributed by atoms with Crippen molar-refractivity contribution in [3.05, 3.63) is 158 Å². The maximum Gasteiger partial charge on any atom is 0.177 e. The van der Waals surface area contributed by atoms with Crippen LogP contribution in [0.25, 0.3) is 0 Å². The summed E-state index contributed by atoms with van der Waals surface area (Å²) < 4.78 is 77.0. The molecule has 0 amide bonds. The molecule has 276 valence electrons. The summed E-state index contributed by atoms with van der Waals surface area (Å²) in [5, 5.41) is 8.22. The topological polar surface area (TPSA) is 96.0 Å². The van der Waals surface area contributed by atoms with Crippen molar-refractivity contribution >= 4 is 71.0 Å². The molecule has 0 saturated carbocycles. The van der Waals surface area contributed by atoms with Gasteiger partial charge in [-0.25, -0.2) is 0 Å². The Hall–Kier alpha value is -4.20. The van der Waals surface area contributed by atoms with E-state index < -0.39 is 28.6 Å². The van der Waals surface area contributed by atoms with Crippen molar-refractivity contribution in [3.63, 3.8) is 0 Å². The van der Waals surface area contributed by atoms with Gasteiger partial charge in [-0.2, -0.15) is 0 Å². The van der Waals surface area contributed by atoms with Crippen LogP contribution in [0.2, 0.25) is 0 Å². The van der Waals surface area contributed by atoms with E-state index in [0.29, 0.717) is 43.4 Å². The Morgan fingerprint density at radius 2 is 0.891 bits per heavy atom. The molecule has 4 unspecified atom stereocenters. The Morgan fingerprint density at radius 1 is 0.436 bits per heavy atom. The van der Waals surface area contributed by atoms with Crippen LogP contribution in [0.4, 0.5) is 0 Å². The van der Waals surface area contributed by atoms with Crippen molar-refractivity contribution in [1.82, 2.24) is 0 Å². The number of allylic oxidation sites excluding steroid dienone is 5. The first-order chi connectivity index (χ1) is 26.4. The third-order valence-corrected chi connectivity index (χ3v) is 25.2. The van der Waals surface area contributed by atoms with Gasteiger partial charge >= 0.3 is 0 Å². The third kappa shape index (κ3) is 4.57. The van der Waals surface area contributed by atoms with Crippen LogP contribution in [0.15, 0.2) is 136 Å². The summed E-state index contributed by atoms with van der Waals surface area (Å²) in [6.07, 6.45) is 1.82. The first kappa shape index (κ1) is 35.2. The predicted octanol–water partition coefficient (Wildman–Crippen LogP) is 6.96. The van der Waals surface area contributed by atoms with Gasteiger partial charge in [0.15, 0.2) is 28.6 Å². The number of ether oxygens (including phenoxy) is 3. The van der Waals surface area contributed by atoms with Crippen LogP contribution in [0.5, 0.6) is 5.75 Å². The van der Waals surface area contributed by atoms with E-state index in [1.165, 1.54) is 0 Å². The molecule has 7 nitrogen and oxygen atoms in total. The molecular weight excluding hydrogens is 764 g/mol. The summed E-state index contributed by atoms with van der Waals surface area (Å²) in [5.41, 5.74) is 4.32. The van der Waals surface area contributed by atoms with Gasteiger partial charge in [-0.3, -0.25) is 0 Å². The van der Waals surface area contributed by atoms with E-state index in [-0.39, 0.29) is 26.4 Å². The molecule has 0 saturated heterocycles. The second-order valence-corrected chi connectivity index (χ2v) is 25.6. The largest absolute Gasteiger partial charge is 0.490 e. The molecule has 8 bridgehead atoms. The number of benzene rings is 5. The highest BCUT2D eigenvalue weighted by Crippen LogP contribution is 2.95. The number of hydrogen-bond donors (Lipinski definition) is 0. The molecule has 0 aromatic heterocycles. The molecule has 0 spiro atoms. The number of hydrogen-bond acceptors (Lipinski definition) is 7. The fraction of sp³-hybridized carbons (Fsp3) is 0.182. The van der Waals surface area contributed by atoms with E-state index in [1.807, 2.05) is 137 Å². The maximum absolute atomic E-state index is 14.8. The third-order valence-electron chi connectivity index (χ3n) is 11.5. The zero-order valence-electron chi connectivity index (χ0n) is 30.9. The normalized spacial score (nSPS) is 26.0. The average molecular weight is 803 g/mol. The molecule has 8 aliphatic rings. The van der Waals surface area contributed by atoms with Gasteiger partial charge in [0.2, 0.25) is 0 Å². The first-order valence-corrected chi connectivity index (χ1v) is 25.2. The van der Waals surface area contributed by atoms with Gasteiger partial charge in [-0.1, -0.05) is 119 Å². The van der Waals surface area contributed by atoms with E-state index in [9.17, 15) is 18.3 Å². The monoisotopic (exact) mass is 802 g/mol. The minimum atomic E-state index is -3.13. The Morgan fingerprint density at radius 3 is 1.38 bits per heavy atom. The molecule has 5 aromatic carbocycles. The molecule has 0 radical (unpaired) electrons. The second kappa shape index (κ2) is 12.1. The Kier molecular flexibility index (Phi) is 7.78. The van der Waals surface area contributed by atoms with E-state index in [1.54, 1.807) is 0 Å². The number of aryl methyl sites for hydroxylation is 4. The van der Waals surface area contributed by atoms with Crippen molar-refractivity contribution < 1.29 is 32.5 Å². The van der Waals surface area contributed by atoms with Crippen LogP contribution in [0.3, 0.4) is 0 Å². The summed E-state index contributed by atoms with van der Waals surface area (Å²) in [5.74, 6) is 1.00. The van der Waals surface area contributed by atoms with Gasteiger partial charge in [0.25, 0.3) is 0 Å². The number of fused-ring (bicyclic) bond motifs is 1. The molecule has 55 heavy (non-hydrogen) atoms. The summed E-state index contributed by atoms with van der Waals surface area (Å²) in [6.45, 7) is 8.87. The summed E-state index contributed by atoms with van der Waals surface area (Å²) in [6, 6.07) is 32.8. The highest BCUT2D eigenvalue weighted by molar-refractivity contribution is 8.02. The second-order valence-electron chi connectivity index (χ2n) is 15.0. The van der Waals surface area contributed by atoms with Crippen LogP contribution in [0, 0.1) is 27.7 Å². The average Bonchev–Trinajstić information content (AvgIpc) is 3.19. The zero-order valence-corrected chi connectivity index (χ0v) is 34.4. The minimum absolute atomic E-state index is 0.199. The lowest BCUT2D eigenvalue weighted by molar-refractivity contribution is 0.0605. The van der Waals surface area contributed by atoms with Crippen LogP contribution in [-0.2, 0) is 27.7 Å². The van der Waals surface area contributed by atoms with E-state index in [4.69, 9.17) is 14.2 Å². The van der Waals surface area contributed by atoms with Crippen molar-refractivity contribution in [3.8, 4) is 5.75 Å². The fourth-order valence-electron chi connectivity index (χ4n) is 8.60. The first-order valence-electron chi connectivity index (χ1n) is 18.4. The molecule has 5 aromatic rings. The van der Waals surface area contributed by atoms with Gasteiger partial charge in [0.05, 0.1) is 23.8 Å². The van der Waals surface area contributed by atoms with E-state index in [2.05, 4.69) is 0 Å². The van der Waals surface area contributed by atoms with Gasteiger partial charge in [0.1, 0.15) is 24.7 Å². The molecule has 0 N–H and O–H groups in total. The van der Waals surface area contributed by atoms with E-state index in [0.717, 1.165) is 54.1 Å². The SMILES string of the molecule is Cc1ccc(P2(=O)c3cc(OCCOCCOc4cc5c6c(c4P6(=O)c4ccc(C)cc4)P5(=O)c4ccc(C)cc4)c4c2c3P4(=O)c2ccc(C)cc2)cc1. The lowest BCUT2D eigenvalue weighted by Crippen LogP contribution is -2.69.